The molecule has 3 nitrogen and oxygen atoms in total. The maximum atomic E-state index is 12.7. The van der Waals surface area contributed by atoms with E-state index in [1.54, 1.807) is 18.5 Å². The number of halogens is 3. The van der Waals surface area contributed by atoms with Gasteiger partial charge in [-0.15, -0.1) is 12.8 Å². The Kier molecular flexibility index (Phi) is 26.5. The number of hydrogen-bond donors (Lipinski definition) is 0. The molecule has 0 amide bonds. The SMILES string of the molecule is C#C.C=C(C)c1c(C)ncnc1C.CC.CCCC(C)(C)CCC.CCCN(C(C)CC)[C@@H](CC)c1ccc(C(F)(F)F)cc1. The van der Waals surface area contributed by atoms with Gasteiger partial charge < -0.3 is 0 Å². The van der Waals surface area contributed by atoms with Crippen molar-refractivity contribution in [2.45, 2.75) is 153 Å². The molecule has 2 atom stereocenters. The molecule has 1 aromatic carbocycles. The van der Waals surface area contributed by atoms with E-state index in [1.165, 1.54) is 37.8 Å². The molecule has 2 rings (SSSR count). The van der Waals surface area contributed by atoms with Crippen LogP contribution in [-0.2, 0) is 6.18 Å². The molecular weight excluding hydrogens is 567 g/mol. The van der Waals surface area contributed by atoms with E-state index in [4.69, 9.17) is 0 Å². The lowest BCUT2D eigenvalue weighted by molar-refractivity contribution is -0.137. The Labute approximate surface area is 276 Å². The molecule has 0 fully saturated rings. The van der Waals surface area contributed by atoms with Crippen LogP contribution in [0.3, 0.4) is 0 Å². The Bertz CT molecular complexity index is 1010. The van der Waals surface area contributed by atoms with Gasteiger partial charge in [-0.2, -0.15) is 13.2 Å². The van der Waals surface area contributed by atoms with Crippen LogP contribution in [0.15, 0.2) is 37.2 Å². The van der Waals surface area contributed by atoms with Crippen molar-refractivity contribution in [1.82, 2.24) is 14.9 Å². The van der Waals surface area contributed by atoms with Crippen molar-refractivity contribution >= 4 is 5.57 Å². The summed E-state index contributed by atoms with van der Waals surface area (Å²) in [5.41, 5.74) is 5.12. The second kappa shape index (κ2) is 25.5. The van der Waals surface area contributed by atoms with Gasteiger partial charge in [-0.05, 0) is 95.0 Å². The molecule has 0 bridgehead atoms. The van der Waals surface area contributed by atoms with Crippen molar-refractivity contribution in [3.05, 3.63) is 65.2 Å². The first-order chi connectivity index (χ1) is 21.1. The minimum Gasteiger partial charge on any atom is -0.294 e. The third kappa shape index (κ3) is 18.8. The minimum atomic E-state index is -4.26. The van der Waals surface area contributed by atoms with Gasteiger partial charge in [-0.1, -0.05) is 93.9 Å². The largest absolute Gasteiger partial charge is 0.416 e. The lowest BCUT2D eigenvalue weighted by Gasteiger charge is -2.36. The predicted molar refractivity (Wildman–Crippen MR) is 192 cm³/mol. The van der Waals surface area contributed by atoms with Gasteiger partial charge in [0.05, 0.1) is 5.56 Å². The van der Waals surface area contributed by atoms with E-state index in [2.05, 4.69) is 89.7 Å². The Hall–Kier alpha value is -2.65. The zero-order chi connectivity index (χ0) is 35.8. The highest BCUT2D eigenvalue weighted by atomic mass is 19.4. The third-order valence-electron chi connectivity index (χ3n) is 7.56. The first-order valence-corrected chi connectivity index (χ1v) is 16.8. The van der Waals surface area contributed by atoms with E-state index in [0.29, 0.717) is 11.5 Å². The van der Waals surface area contributed by atoms with Crippen LogP contribution in [0.2, 0.25) is 0 Å². The summed E-state index contributed by atoms with van der Waals surface area (Å²) in [4.78, 5) is 10.6. The zero-order valence-corrected chi connectivity index (χ0v) is 31.0. The average molecular weight is 634 g/mol. The molecule has 258 valence electrons. The van der Waals surface area contributed by atoms with Crippen LogP contribution < -0.4 is 0 Å². The molecule has 0 saturated heterocycles. The summed E-state index contributed by atoms with van der Waals surface area (Å²) < 4.78 is 38.0. The molecule has 1 heterocycles. The summed E-state index contributed by atoms with van der Waals surface area (Å²) in [6.07, 6.45) is 13.7. The summed E-state index contributed by atoms with van der Waals surface area (Å²) in [6, 6.07) is 6.25. The molecule has 0 radical (unpaired) electrons. The maximum Gasteiger partial charge on any atom is 0.416 e. The van der Waals surface area contributed by atoms with Gasteiger partial charge in [0.15, 0.2) is 0 Å². The van der Waals surface area contributed by atoms with Crippen molar-refractivity contribution < 1.29 is 13.2 Å². The van der Waals surface area contributed by atoms with Gasteiger partial charge in [0, 0.05) is 29.0 Å². The maximum absolute atomic E-state index is 12.7. The molecule has 2 aromatic rings. The van der Waals surface area contributed by atoms with Gasteiger partial charge in [-0.25, -0.2) is 9.97 Å². The van der Waals surface area contributed by atoms with E-state index in [0.717, 1.165) is 53.9 Å². The number of allylic oxidation sites excluding steroid dienone is 1. The van der Waals surface area contributed by atoms with Crippen LogP contribution >= 0.6 is 0 Å². The fourth-order valence-electron chi connectivity index (χ4n) is 5.42. The second-order valence-corrected chi connectivity index (χ2v) is 11.9. The van der Waals surface area contributed by atoms with Gasteiger partial charge in [0.25, 0.3) is 0 Å². The van der Waals surface area contributed by atoms with Crippen LogP contribution in [-0.4, -0.2) is 27.5 Å². The number of aryl methyl sites for hydroxylation is 2. The van der Waals surface area contributed by atoms with Crippen LogP contribution in [0.4, 0.5) is 13.2 Å². The normalized spacial score (nSPS) is 12.1. The molecule has 0 spiro atoms. The monoisotopic (exact) mass is 634 g/mol. The van der Waals surface area contributed by atoms with E-state index in [9.17, 15) is 13.2 Å². The molecule has 45 heavy (non-hydrogen) atoms. The van der Waals surface area contributed by atoms with Crippen molar-refractivity contribution in [3.8, 4) is 12.8 Å². The topological polar surface area (TPSA) is 29.0 Å². The van der Waals surface area contributed by atoms with Crippen LogP contribution in [0.25, 0.3) is 5.57 Å². The Balaban J connectivity index is -0.000000616. The number of terminal acetylenes is 1. The standard InChI is InChI=1S/C17H26F3N.C9H12N2.C9H20.C2H6.C2H2/c1-5-12-21(13(4)6-2)16(7-3)14-8-10-15(11-9-14)17(18,19)20;1-6(2)9-7(3)10-5-11-8(9)4;1-5-7-9(3,4)8-6-2;2*1-2/h8-11,13,16H,5-7,12H2,1-4H3;5H,1H2,2-4H3;5-8H2,1-4H3;1-2H3;1-2H/t13?,16-;;;;/m0..../s1. The molecular formula is C39H66F3N3. The Morgan fingerprint density at radius 3 is 1.58 bits per heavy atom. The zero-order valence-electron chi connectivity index (χ0n) is 31.0. The van der Waals surface area contributed by atoms with E-state index >= 15 is 0 Å². The molecule has 0 aliphatic heterocycles. The highest BCUT2D eigenvalue weighted by Gasteiger charge is 2.30. The molecule has 0 aliphatic carbocycles. The van der Waals surface area contributed by atoms with Crippen molar-refractivity contribution in [3.63, 3.8) is 0 Å². The van der Waals surface area contributed by atoms with Gasteiger partial charge in [-0.3, -0.25) is 4.90 Å². The fraction of sp³-hybridized carbons (Fsp3) is 0.641. The van der Waals surface area contributed by atoms with E-state index < -0.39 is 11.7 Å². The van der Waals surface area contributed by atoms with Crippen molar-refractivity contribution in [2.24, 2.45) is 5.41 Å². The first-order valence-electron chi connectivity index (χ1n) is 16.8. The van der Waals surface area contributed by atoms with Crippen LogP contribution in [0.1, 0.15) is 155 Å². The summed E-state index contributed by atoms with van der Waals surface area (Å²) in [5, 5.41) is 0. The van der Waals surface area contributed by atoms with E-state index in [-0.39, 0.29) is 6.04 Å². The lowest BCUT2D eigenvalue weighted by Crippen LogP contribution is -2.36. The lowest BCUT2D eigenvalue weighted by atomic mass is 9.84. The summed E-state index contributed by atoms with van der Waals surface area (Å²) in [6.45, 7) is 32.5. The molecule has 1 unspecified atom stereocenters. The molecule has 6 heteroatoms. The number of benzene rings is 1. The minimum absolute atomic E-state index is 0.183. The van der Waals surface area contributed by atoms with E-state index in [1.807, 2.05) is 34.6 Å². The number of aromatic nitrogens is 2. The molecule has 0 N–H and O–H groups in total. The summed E-state index contributed by atoms with van der Waals surface area (Å²) in [7, 11) is 0. The third-order valence-corrected chi connectivity index (χ3v) is 7.56. The van der Waals surface area contributed by atoms with Crippen LogP contribution in [0, 0.1) is 32.1 Å². The summed E-state index contributed by atoms with van der Waals surface area (Å²) in [5.74, 6) is 0. The fourth-order valence-corrected chi connectivity index (χ4v) is 5.42. The molecule has 0 aliphatic rings. The molecule has 0 saturated carbocycles. The average Bonchev–Trinajstić information content (AvgIpc) is 2.99. The quantitative estimate of drug-likeness (QED) is 0.218. The smallest absolute Gasteiger partial charge is 0.294 e. The Morgan fingerprint density at radius 2 is 1.29 bits per heavy atom. The predicted octanol–water partition coefficient (Wildman–Crippen LogP) is 12.7. The van der Waals surface area contributed by atoms with Gasteiger partial charge >= 0.3 is 6.18 Å². The van der Waals surface area contributed by atoms with Gasteiger partial charge in [0.2, 0.25) is 0 Å². The van der Waals surface area contributed by atoms with Gasteiger partial charge in [0.1, 0.15) is 6.33 Å². The summed E-state index contributed by atoms with van der Waals surface area (Å²) >= 11 is 0. The Morgan fingerprint density at radius 1 is 0.844 bits per heavy atom. The highest BCUT2D eigenvalue weighted by molar-refractivity contribution is 5.64. The number of nitrogens with zero attached hydrogens (tertiary/aromatic N) is 3. The number of alkyl halides is 3. The van der Waals surface area contributed by atoms with Crippen LogP contribution in [0.5, 0.6) is 0 Å². The second-order valence-electron chi connectivity index (χ2n) is 11.9. The van der Waals surface area contributed by atoms with Crippen molar-refractivity contribution in [2.75, 3.05) is 6.54 Å². The first kappa shape index (κ1) is 46.8. The number of hydrogen-bond acceptors (Lipinski definition) is 3. The highest BCUT2D eigenvalue weighted by Crippen LogP contribution is 2.33. The number of rotatable bonds is 12. The molecule has 1 aromatic heterocycles. The van der Waals surface area contributed by atoms with Crippen molar-refractivity contribution in [1.29, 1.82) is 0 Å².